The maximum Gasteiger partial charge on any atom is 0.418 e. The van der Waals surface area contributed by atoms with E-state index >= 15 is 0 Å². The van der Waals surface area contributed by atoms with Crippen LogP contribution in [0, 0.1) is 5.92 Å². The van der Waals surface area contributed by atoms with Gasteiger partial charge in [-0.3, -0.25) is 4.79 Å². The molecule has 2 rings (SSSR count). The second kappa shape index (κ2) is 5.44. The van der Waals surface area contributed by atoms with Gasteiger partial charge in [0, 0.05) is 24.3 Å². The minimum Gasteiger partial charge on any atom is -0.391 e. The average molecular weight is 287 g/mol. The van der Waals surface area contributed by atoms with Gasteiger partial charge in [-0.05, 0) is 30.5 Å². The van der Waals surface area contributed by atoms with Gasteiger partial charge in [0.25, 0.3) is 0 Å². The number of rotatable bonds is 2. The van der Waals surface area contributed by atoms with Crippen LogP contribution in [0.2, 0.25) is 0 Å². The van der Waals surface area contributed by atoms with Crippen LogP contribution in [0.15, 0.2) is 18.2 Å². The summed E-state index contributed by atoms with van der Waals surface area (Å²) < 4.78 is 39.3. The third-order valence-corrected chi connectivity index (χ3v) is 3.72. The van der Waals surface area contributed by atoms with E-state index in [0.29, 0.717) is 19.3 Å². The zero-order valence-electron chi connectivity index (χ0n) is 11.0. The molecule has 0 aromatic heterocycles. The number of aliphatic hydroxyl groups excluding tert-OH is 1. The molecule has 0 bridgehead atoms. The molecule has 3 nitrogen and oxygen atoms in total. The molecule has 20 heavy (non-hydrogen) atoms. The number of hydrogen-bond acceptors (Lipinski definition) is 3. The van der Waals surface area contributed by atoms with Gasteiger partial charge in [-0.2, -0.15) is 13.2 Å². The molecular weight excluding hydrogens is 271 g/mol. The quantitative estimate of drug-likeness (QED) is 0.850. The average Bonchev–Trinajstić information content (AvgIpc) is 2.40. The number of β-amino-alcohol motifs (C(OH)–C–C–N with tert-alkyl or cyclic N) is 1. The third kappa shape index (κ3) is 2.95. The number of carbonyl (C=O) groups is 1. The summed E-state index contributed by atoms with van der Waals surface area (Å²) in [5.41, 5.74) is -0.815. The van der Waals surface area contributed by atoms with Crippen molar-refractivity contribution >= 4 is 12.0 Å². The molecule has 1 fully saturated rings. The Hall–Kier alpha value is -1.56. The van der Waals surface area contributed by atoms with Crippen molar-refractivity contribution in [3.8, 4) is 0 Å². The van der Waals surface area contributed by atoms with Crippen LogP contribution in [0.5, 0.6) is 0 Å². The molecule has 0 spiro atoms. The van der Waals surface area contributed by atoms with Crippen molar-refractivity contribution in [2.45, 2.75) is 25.6 Å². The van der Waals surface area contributed by atoms with Gasteiger partial charge in [0.1, 0.15) is 6.29 Å². The van der Waals surface area contributed by atoms with E-state index in [1.807, 2.05) is 6.92 Å². The van der Waals surface area contributed by atoms with Crippen LogP contribution in [0.4, 0.5) is 18.9 Å². The lowest BCUT2D eigenvalue weighted by atomic mass is 9.95. The molecule has 1 N–H and O–H groups in total. The van der Waals surface area contributed by atoms with Crippen molar-refractivity contribution in [3.05, 3.63) is 29.3 Å². The minimum absolute atomic E-state index is 0.00741. The monoisotopic (exact) mass is 287 g/mol. The van der Waals surface area contributed by atoms with E-state index in [1.165, 1.54) is 17.0 Å². The lowest BCUT2D eigenvalue weighted by molar-refractivity contribution is -0.137. The van der Waals surface area contributed by atoms with Crippen LogP contribution in [0.1, 0.15) is 29.3 Å². The number of aliphatic hydroxyl groups is 1. The van der Waals surface area contributed by atoms with Gasteiger partial charge >= 0.3 is 6.18 Å². The lowest BCUT2D eigenvalue weighted by Crippen LogP contribution is -2.43. The SMILES string of the molecule is CC1CCN(c2ccc(C=O)cc2C(F)(F)F)CC1O. The Morgan fingerprint density at radius 3 is 2.65 bits per heavy atom. The highest BCUT2D eigenvalue weighted by Crippen LogP contribution is 2.38. The van der Waals surface area contributed by atoms with E-state index < -0.39 is 17.8 Å². The van der Waals surface area contributed by atoms with E-state index in [0.717, 1.165) is 6.07 Å². The summed E-state index contributed by atoms with van der Waals surface area (Å²) in [5.74, 6) is 0.0786. The molecular formula is C14H16F3NO2. The Balaban J connectivity index is 2.38. The molecule has 1 aromatic carbocycles. The summed E-state index contributed by atoms with van der Waals surface area (Å²) in [6.45, 7) is 2.51. The van der Waals surface area contributed by atoms with Crippen LogP contribution in [0.3, 0.4) is 0 Å². The van der Waals surface area contributed by atoms with Crippen LogP contribution in [0.25, 0.3) is 0 Å². The molecule has 2 atom stereocenters. The predicted molar refractivity (Wildman–Crippen MR) is 68.8 cm³/mol. The number of halogens is 3. The van der Waals surface area contributed by atoms with Crippen molar-refractivity contribution in [1.29, 1.82) is 0 Å². The van der Waals surface area contributed by atoms with Crippen molar-refractivity contribution in [2.24, 2.45) is 5.92 Å². The lowest BCUT2D eigenvalue weighted by Gasteiger charge is -2.37. The Labute approximate surface area is 115 Å². The second-order valence-electron chi connectivity index (χ2n) is 5.17. The van der Waals surface area contributed by atoms with Crippen molar-refractivity contribution in [2.75, 3.05) is 18.0 Å². The topological polar surface area (TPSA) is 40.5 Å². The van der Waals surface area contributed by atoms with Crippen LogP contribution in [-0.2, 0) is 6.18 Å². The molecule has 2 unspecified atom stereocenters. The first-order valence-electron chi connectivity index (χ1n) is 6.42. The van der Waals surface area contributed by atoms with Crippen molar-refractivity contribution in [1.82, 2.24) is 0 Å². The first kappa shape index (κ1) is 14.8. The number of piperidine rings is 1. The second-order valence-corrected chi connectivity index (χ2v) is 5.17. The predicted octanol–water partition coefficient (Wildman–Crippen LogP) is 2.73. The standard InChI is InChI=1S/C14H16F3NO2/c1-9-4-5-18(7-13(9)20)12-3-2-10(8-19)6-11(12)14(15,16)17/h2-3,6,8-9,13,20H,4-5,7H2,1H3. The summed E-state index contributed by atoms with van der Waals surface area (Å²) in [4.78, 5) is 12.2. The van der Waals surface area contributed by atoms with Gasteiger partial charge in [0.2, 0.25) is 0 Å². The van der Waals surface area contributed by atoms with Gasteiger partial charge in [0.05, 0.1) is 11.7 Å². The highest BCUT2D eigenvalue weighted by atomic mass is 19.4. The summed E-state index contributed by atoms with van der Waals surface area (Å²) in [6.07, 6.45) is -4.14. The number of alkyl halides is 3. The molecule has 0 amide bonds. The Morgan fingerprint density at radius 1 is 1.40 bits per heavy atom. The smallest absolute Gasteiger partial charge is 0.391 e. The highest BCUT2D eigenvalue weighted by molar-refractivity contribution is 5.77. The number of nitrogens with zero attached hydrogens (tertiary/aromatic N) is 1. The summed E-state index contributed by atoms with van der Waals surface area (Å²) >= 11 is 0. The number of anilines is 1. The fourth-order valence-corrected chi connectivity index (χ4v) is 2.40. The Morgan fingerprint density at radius 2 is 2.10 bits per heavy atom. The van der Waals surface area contributed by atoms with Gasteiger partial charge in [-0.1, -0.05) is 6.92 Å². The maximum atomic E-state index is 13.1. The van der Waals surface area contributed by atoms with E-state index in [9.17, 15) is 23.1 Å². The molecule has 6 heteroatoms. The van der Waals surface area contributed by atoms with Crippen LogP contribution < -0.4 is 4.90 Å². The fraction of sp³-hybridized carbons (Fsp3) is 0.500. The molecule has 0 saturated carbocycles. The number of benzene rings is 1. The number of aldehydes is 1. The largest absolute Gasteiger partial charge is 0.418 e. The van der Waals surface area contributed by atoms with Gasteiger partial charge in [0.15, 0.2) is 0 Å². The molecule has 110 valence electrons. The number of carbonyl (C=O) groups excluding carboxylic acids is 1. The molecule has 1 heterocycles. The maximum absolute atomic E-state index is 13.1. The van der Waals surface area contributed by atoms with Crippen molar-refractivity contribution < 1.29 is 23.1 Å². The normalized spacial score (nSPS) is 23.8. The summed E-state index contributed by atoms with van der Waals surface area (Å²) in [7, 11) is 0. The molecule has 1 aromatic rings. The summed E-state index contributed by atoms with van der Waals surface area (Å²) in [5, 5.41) is 9.82. The molecule has 1 saturated heterocycles. The van der Waals surface area contributed by atoms with Gasteiger partial charge < -0.3 is 10.0 Å². The highest BCUT2D eigenvalue weighted by Gasteiger charge is 2.36. The fourth-order valence-electron chi connectivity index (χ4n) is 2.40. The van der Waals surface area contributed by atoms with E-state index in [4.69, 9.17) is 0 Å². The molecule has 0 radical (unpaired) electrons. The minimum atomic E-state index is -4.53. The first-order chi connectivity index (χ1) is 9.32. The Kier molecular flexibility index (Phi) is 4.04. The first-order valence-corrected chi connectivity index (χ1v) is 6.42. The van der Waals surface area contributed by atoms with Crippen LogP contribution in [-0.4, -0.2) is 30.6 Å². The van der Waals surface area contributed by atoms with Gasteiger partial charge in [-0.25, -0.2) is 0 Å². The zero-order chi connectivity index (χ0) is 14.9. The third-order valence-electron chi connectivity index (χ3n) is 3.72. The summed E-state index contributed by atoms with van der Waals surface area (Å²) in [6, 6.07) is 3.52. The zero-order valence-corrected chi connectivity index (χ0v) is 11.0. The van der Waals surface area contributed by atoms with E-state index in [2.05, 4.69) is 0 Å². The Bertz CT molecular complexity index is 502. The molecule has 1 aliphatic heterocycles. The number of hydrogen-bond donors (Lipinski definition) is 1. The van der Waals surface area contributed by atoms with E-state index in [-0.39, 0.29) is 23.7 Å². The van der Waals surface area contributed by atoms with Crippen LogP contribution >= 0.6 is 0 Å². The van der Waals surface area contributed by atoms with Crippen molar-refractivity contribution in [3.63, 3.8) is 0 Å². The van der Waals surface area contributed by atoms with Gasteiger partial charge in [-0.15, -0.1) is 0 Å². The van der Waals surface area contributed by atoms with E-state index in [1.54, 1.807) is 0 Å². The molecule has 0 aliphatic carbocycles. The molecule has 1 aliphatic rings.